The van der Waals surface area contributed by atoms with Gasteiger partial charge in [-0.2, -0.15) is 0 Å². The summed E-state index contributed by atoms with van der Waals surface area (Å²) in [6.07, 6.45) is 6.95. The van der Waals surface area contributed by atoms with Crippen molar-refractivity contribution in [2.24, 2.45) is 27.1 Å². The molecule has 0 amide bonds. The third-order valence-electron chi connectivity index (χ3n) is 25.6. The lowest BCUT2D eigenvalue weighted by molar-refractivity contribution is -0.659. The molecule has 24 rings (SSSR count). The van der Waals surface area contributed by atoms with Gasteiger partial charge in [-0.25, -0.2) is 13.7 Å². The Kier molecular flexibility index (Phi) is 17.4. The lowest BCUT2D eigenvalue weighted by Crippen LogP contribution is -2.31. The van der Waals surface area contributed by atoms with Gasteiger partial charge in [0.05, 0.1) is 33.4 Å². The predicted octanol–water partition coefficient (Wildman–Crippen LogP) is 29.0. The third-order valence-corrected chi connectivity index (χ3v) is 25.6. The van der Waals surface area contributed by atoms with Crippen molar-refractivity contribution >= 4 is 65.7 Å². The Labute approximate surface area is 704 Å². The number of benzene rings is 15. The van der Waals surface area contributed by atoms with Gasteiger partial charge in [-0.1, -0.05) is 299 Å². The quantitative estimate of drug-likeness (QED) is 0.161. The highest BCUT2D eigenvalue weighted by Gasteiger charge is 2.33. The zero-order chi connectivity index (χ0) is 81.4. The van der Waals surface area contributed by atoms with Gasteiger partial charge in [-0.05, 0) is 186 Å². The molecule has 6 heterocycles. The first-order valence-corrected chi connectivity index (χ1v) is 42.2. The molecule has 0 spiro atoms. The molecule has 21 aromatic rings. The summed E-state index contributed by atoms with van der Waals surface area (Å²) < 4.78 is 22.2. The first-order valence-electron chi connectivity index (χ1n) is 42.2. The van der Waals surface area contributed by atoms with Gasteiger partial charge >= 0.3 is 0 Å². The minimum atomic E-state index is 0.552. The van der Waals surface area contributed by atoms with Crippen LogP contribution in [-0.2, 0) is 27.7 Å². The van der Waals surface area contributed by atoms with Gasteiger partial charge in [0.2, 0.25) is 17.1 Å². The molecule has 15 aromatic carbocycles. The number of hydrogen-bond donors (Lipinski definition) is 0. The van der Waals surface area contributed by atoms with Crippen molar-refractivity contribution in [3.63, 3.8) is 0 Å². The van der Waals surface area contributed by atoms with Crippen molar-refractivity contribution in [3.8, 4) is 167 Å². The van der Waals surface area contributed by atoms with E-state index in [2.05, 4.69) is 420 Å². The van der Waals surface area contributed by atoms with Gasteiger partial charge in [0.15, 0.2) is 18.6 Å². The smallest absolute Gasteiger partial charge is 0.217 e. The van der Waals surface area contributed by atoms with Gasteiger partial charge < -0.3 is 13.4 Å². The summed E-state index contributed by atoms with van der Waals surface area (Å²) in [6.45, 7) is 12.2. The van der Waals surface area contributed by atoms with E-state index >= 15 is 0 Å². The van der Waals surface area contributed by atoms with Crippen LogP contribution < -0.4 is 13.7 Å². The first-order chi connectivity index (χ1) is 59.3. The molecule has 0 aliphatic heterocycles. The Morgan fingerprint density at radius 2 is 0.537 bits per heavy atom. The Morgan fingerprint density at radius 1 is 0.231 bits per heavy atom. The van der Waals surface area contributed by atoms with Crippen molar-refractivity contribution in [1.82, 2.24) is 4.57 Å². The normalized spacial score (nSPS) is 11.9. The fraction of sp³-hybridized carbons (Fsp3) is 0.0870. The van der Waals surface area contributed by atoms with Crippen LogP contribution in [0, 0.1) is 26.7 Å². The molecule has 6 nitrogen and oxygen atoms in total. The largest absolute Gasteiger partial charge is 0.456 e. The maximum atomic E-state index is 6.52. The number of aromatic nitrogens is 4. The molecule has 6 heteroatoms. The van der Waals surface area contributed by atoms with E-state index < -0.39 is 0 Å². The van der Waals surface area contributed by atoms with Crippen LogP contribution >= 0.6 is 0 Å². The molecule has 0 saturated carbocycles. The molecule has 0 fully saturated rings. The van der Waals surface area contributed by atoms with Gasteiger partial charge in [0, 0.05) is 84.8 Å². The molecule has 6 aromatic heterocycles. The average Bonchev–Trinajstić information content (AvgIpc) is 1.71. The number of aryl methyl sites for hydroxylation is 6. The maximum Gasteiger partial charge on any atom is 0.217 e. The van der Waals surface area contributed by atoms with Gasteiger partial charge in [-0.15, -0.1) is 0 Å². The van der Waals surface area contributed by atoms with Crippen LogP contribution in [-0.4, -0.2) is 4.57 Å². The second-order valence-electron chi connectivity index (χ2n) is 33.4. The van der Waals surface area contributed by atoms with E-state index in [1.165, 1.54) is 189 Å². The molecule has 0 bridgehead atoms. The topological polar surface area (TPSA) is 42.9 Å². The van der Waals surface area contributed by atoms with Crippen LogP contribution in [0.4, 0.5) is 0 Å². The summed E-state index contributed by atoms with van der Waals surface area (Å²) in [5, 5.41) is 7.29. The molecule has 576 valence electrons. The second kappa shape index (κ2) is 29.0. The predicted molar refractivity (Wildman–Crippen MR) is 502 cm³/mol. The van der Waals surface area contributed by atoms with Gasteiger partial charge in [0.25, 0.3) is 0 Å². The van der Waals surface area contributed by atoms with E-state index in [4.69, 9.17) is 8.83 Å². The number of furan rings is 2. The van der Waals surface area contributed by atoms with Gasteiger partial charge in [-0.3, -0.25) is 0 Å². The lowest BCUT2D eigenvalue weighted by atomic mass is 9.81. The molecular weight excluding hydrogens is 1470 g/mol. The van der Waals surface area contributed by atoms with Crippen molar-refractivity contribution in [1.29, 1.82) is 0 Å². The van der Waals surface area contributed by atoms with Crippen LogP contribution in [0.1, 0.15) is 30.5 Å². The van der Waals surface area contributed by atoms with Crippen molar-refractivity contribution in [2.75, 3.05) is 0 Å². The number of fused-ring (bicyclic) bond motifs is 33. The Balaban J connectivity index is 0.000000109. The van der Waals surface area contributed by atoms with Crippen molar-refractivity contribution in [3.05, 3.63) is 381 Å². The molecule has 0 radical (unpaired) electrons. The van der Waals surface area contributed by atoms with E-state index in [-0.39, 0.29) is 0 Å². The number of para-hydroxylation sites is 3. The van der Waals surface area contributed by atoms with Crippen LogP contribution in [0.15, 0.2) is 373 Å². The Hall–Kier alpha value is -14.9. The van der Waals surface area contributed by atoms with Crippen LogP contribution in [0.2, 0.25) is 0 Å². The Morgan fingerprint density at radius 3 is 0.934 bits per heavy atom. The molecular formula is C115H87N4O2+3. The molecule has 121 heavy (non-hydrogen) atoms. The van der Waals surface area contributed by atoms with E-state index in [0.717, 1.165) is 67.4 Å². The van der Waals surface area contributed by atoms with E-state index in [9.17, 15) is 0 Å². The maximum absolute atomic E-state index is 6.52. The first kappa shape index (κ1) is 72.6. The number of pyridine rings is 3. The fourth-order valence-electron chi connectivity index (χ4n) is 20.0. The number of hydrogen-bond acceptors (Lipinski definition) is 2. The zero-order valence-corrected chi connectivity index (χ0v) is 69.0. The molecule has 0 atom stereocenters. The Bertz CT molecular complexity index is 7870. The highest BCUT2D eigenvalue weighted by molar-refractivity contribution is 6.13. The van der Waals surface area contributed by atoms with Gasteiger partial charge in [0.1, 0.15) is 43.5 Å². The third kappa shape index (κ3) is 11.9. The molecule has 3 aliphatic rings. The second-order valence-corrected chi connectivity index (χ2v) is 33.4. The summed E-state index contributed by atoms with van der Waals surface area (Å²) in [4.78, 5) is 0. The highest BCUT2D eigenvalue weighted by Crippen LogP contribution is 2.53. The highest BCUT2D eigenvalue weighted by atomic mass is 16.3. The van der Waals surface area contributed by atoms with Crippen molar-refractivity contribution in [2.45, 2.75) is 41.2 Å². The monoisotopic (exact) mass is 1560 g/mol. The summed E-state index contributed by atoms with van der Waals surface area (Å²) in [7, 11) is 6.50. The van der Waals surface area contributed by atoms with E-state index in [1.807, 2.05) is 18.2 Å². The SMILES string of the molecule is Cc1cc2c(cc1-c1cc3c(c[n+]1C)-c1ccccc1-c1ccccc1-c1ccccc1-3)oc1ccccc12.Cc1cc2c3ccccc3n(CC(C)C)c2cc1-c1cc2c(c[n+]1C)-c1ccccc1-c1ccccc1-c1ccccc1-2.Cc1ccc2c(oc3ccccc32)c1-c1cc2c(c[n+]1C)-c1ccccc1-c1ccccc1-c1ccccc1-2. The minimum absolute atomic E-state index is 0.552. The molecule has 3 aliphatic carbocycles. The minimum Gasteiger partial charge on any atom is -0.456 e. The summed E-state index contributed by atoms with van der Waals surface area (Å²) in [5.41, 5.74) is 47.4. The fourth-order valence-corrected chi connectivity index (χ4v) is 20.0. The van der Waals surface area contributed by atoms with Crippen LogP contribution in [0.5, 0.6) is 0 Å². The molecule has 0 N–H and O–H groups in total. The standard InChI is InChI=1S/C41H35N2.2C37H26NO/c1-26(2)24-43-39-20-12-11-19-34(39)37-21-27(3)35(22-41(37)43)40-23-36-32-17-9-7-15-30(32)28-13-5-6-14-29(28)31-16-8-10-18-33(31)38(36)25-42(40)4;1-23-19-33-30-17-9-10-18-36(30)39-37(33)21-31(23)35-20-32-28-15-7-5-13-26(28)24-11-3-4-12-25(24)27-14-6-8-16-29(27)34(32)22-38(35)2;1-23-19-20-31-30-17-9-10-18-35(30)39-37(31)36(23)34-21-32-28-15-7-5-13-26(28)24-11-3-4-12-25(24)27-14-6-8-16-29(27)33(32)22-38(34)2/h5-23,25-26H,24H2,1-4H3;2*3-22H,1-2H3/q3*+1. The van der Waals surface area contributed by atoms with Crippen LogP contribution in [0.3, 0.4) is 0 Å². The number of rotatable bonds is 5. The van der Waals surface area contributed by atoms with Crippen molar-refractivity contribution < 1.29 is 22.5 Å². The summed E-state index contributed by atoms with van der Waals surface area (Å²) in [6, 6.07) is 126. The molecule has 0 unspecified atom stereocenters. The zero-order valence-electron chi connectivity index (χ0n) is 69.0. The number of nitrogens with zero attached hydrogens (tertiary/aromatic N) is 4. The van der Waals surface area contributed by atoms with E-state index in [1.54, 1.807) is 0 Å². The summed E-state index contributed by atoms with van der Waals surface area (Å²) >= 11 is 0. The lowest BCUT2D eigenvalue weighted by Gasteiger charge is -2.22. The average molecular weight is 1560 g/mol. The van der Waals surface area contributed by atoms with E-state index in [0.29, 0.717) is 5.92 Å². The molecule has 0 saturated heterocycles. The van der Waals surface area contributed by atoms with Crippen LogP contribution in [0.25, 0.3) is 233 Å². The summed E-state index contributed by atoms with van der Waals surface area (Å²) in [5.74, 6) is 0.552.